The van der Waals surface area contributed by atoms with Crippen LogP contribution in [0.1, 0.15) is 17.8 Å². The molecule has 2 N–H and O–H groups in total. The van der Waals surface area contributed by atoms with Crippen molar-refractivity contribution in [2.24, 2.45) is 0 Å². The van der Waals surface area contributed by atoms with Gasteiger partial charge < -0.3 is 10.4 Å². The minimum Gasteiger partial charge on any atom is -0.390 e. The zero-order valence-corrected chi connectivity index (χ0v) is 11.8. The van der Waals surface area contributed by atoms with Gasteiger partial charge in [0.1, 0.15) is 12.4 Å². The summed E-state index contributed by atoms with van der Waals surface area (Å²) >= 11 is 1.66. The number of nitrogens with one attached hydrogen (secondary N) is 1. The van der Waals surface area contributed by atoms with E-state index in [-0.39, 0.29) is 18.3 Å². The van der Waals surface area contributed by atoms with E-state index in [1.165, 1.54) is 22.0 Å². The zero-order valence-electron chi connectivity index (χ0n) is 11.0. The average Bonchev–Trinajstić information content (AvgIpc) is 3.06. The fourth-order valence-electron chi connectivity index (χ4n) is 1.78. The van der Waals surface area contributed by atoms with E-state index in [0.717, 1.165) is 0 Å². The van der Waals surface area contributed by atoms with Gasteiger partial charge in [-0.15, -0.1) is 11.3 Å². The predicted molar refractivity (Wildman–Crippen MR) is 75.6 cm³/mol. The second kappa shape index (κ2) is 6.60. The van der Waals surface area contributed by atoms with Crippen molar-refractivity contribution in [3.8, 4) is 0 Å². The lowest BCUT2D eigenvalue weighted by Gasteiger charge is -2.16. The van der Waals surface area contributed by atoms with E-state index in [9.17, 15) is 15.2 Å². The summed E-state index contributed by atoms with van der Waals surface area (Å²) in [7, 11) is 0. The van der Waals surface area contributed by atoms with Crippen LogP contribution in [0, 0.1) is 10.1 Å². The van der Waals surface area contributed by atoms with Crippen LogP contribution in [0.4, 0.5) is 5.69 Å². The molecule has 0 fully saturated rings. The Balaban J connectivity index is 1.80. The highest BCUT2D eigenvalue weighted by molar-refractivity contribution is 7.10. The first-order valence-electron chi connectivity index (χ1n) is 6.18. The normalized spacial score (nSPS) is 14.1. The topological polar surface area (TPSA) is 93.2 Å². The van der Waals surface area contributed by atoms with Gasteiger partial charge in [0.25, 0.3) is 0 Å². The molecule has 2 rings (SSSR count). The standard InChI is InChI=1S/C12H16N4O3S/c1-9(12-3-2-4-20-12)13-6-11(17)8-15-7-10(5-14-15)16(18)19/h2-5,7,9,11,13,17H,6,8H2,1H3/t9-,11?/m0/s1. The molecule has 0 aliphatic rings. The van der Waals surface area contributed by atoms with E-state index in [2.05, 4.69) is 10.4 Å². The van der Waals surface area contributed by atoms with Gasteiger partial charge in [-0.05, 0) is 18.4 Å². The Bertz CT molecular complexity index is 555. The van der Waals surface area contributed by atoms with Crippen LogP contribution in [0.25, 0.3) is 0 Å². The van der Waals surface area contributed by atoms with E-state index in [1.54, 1.807) is 11.3 Å². The molecule has 0 aliphatic carbocycles. The third-order valence-corrected chi connectivity index (χ3v) is 3.91. The van der Waals surface area contributed by atoms with Gasteiger partial charge >= 0.3 is 5.69 Å². The molecular weight excluding hydrogens is 280 g/mol. The average molecular weight is 296 g/mol. The molecule has 0 saturated carbocycles. The molecule has 0 spiro atoms. The largest absolute Gasteiger partial charge is 0.390 e. The molecule has 108 valence electrons. The summed E-state index contributed by atoms with van der Waals surface area (Å²) in [5.41, 5.74) is -0.0721. The molecular formula is C12H16N4O3S. The number of thiophene rings is 1. The van der Waals surface area contributed by atoms with E-state index in [0.29, 0.717) is 6.54 Å². The molecule has 1 unspecified atom stereocenters. The van der Waals surface area contributed by atoms with Gasteiger partial charge in [-0.1, -0.05) is 6.07 Å². The molecule has 20 heavy (non-hydrogen) atoms. The summed E-state index contributed by atoms with van der Waals surface area (Å²) in [6.45, 7) is 2.64. The van der Waals surface area contributed by atoms with Crippen LogP contribution < -0.4 is 5.32 Å². The van der Waals surface area contributed by atoms with Gasteiger partial charge in [-0.25, -0.2) is 0 Å². The van der Waals surface area contributed by atoms with Gasteiger partial charge in [-0.2, -0.15) is 5.10 Å². The molecule has 0 bridgehead atoms. The van der Waals surface area contributed by atoms with Gasteiger partial charge in [0.05, 0.1) is 17.6 Å². The summed E-state index contributed by atoms with van der Waals surface area (Å²) in [5.74, 6) is 0. The molecule has 0 aliphatic heterocycles. The third-order valence-electron chi connectivity index (χ3n) is 2.86. The molecule has 2 aromatic rings. The second-order valence-electron chi connectivity index (χ2n) is 4.48. The van der Waals surface area contributed by atoms with Gasteiger partial charge in [-0.3, -0.25) is 14.8 Å². The Hall–Kier alpha value is -1.77. The van der Waals surface area contributed by atoms with Crippen LogP contribution >= 0.6 is 11.3 Å². The number of aliphatic hydroxyl groups is 1. The van der Waals surface area contributed by atoms with Crippen LogP contribution in [-0.4, -0.2) is 32.5 Å². The lowest BCUT2D eigenvalue weighted by atomic mass is 10.2. The molecule has 2 heterocycles. The molecule has 2 atom stereocenters. The number of nitrogens with zero attached hydrogens (tertiary/aromatic N) is 3. The van der Waals surface area contributed by atoms with E-state index in [1.807, 2.05) is 24.4 Å². The number of aliphatic hydroxyl groups excluding tert-OH is 1. The van der Waals surface area contributed by atoms with Crippen LogP contribution in [-0.2, 0) is 6.54 Å². The monoisotopic (exact) mass is 296 g/mol. The molecule has 0 amide bonds. The van der Waals surface area contributed by atoms with E-state index in [4.69, 9.17) is 0 Å². The van der Waals surface area contributed by atoms with Crippen LogP contribution in [0.2, 0.25) is 0 Å². The summed E-state index contributed by atoms with van der Waals surface area (Å²) in [6, 6.07) is 4.18. The van der Waals surface area contributed by atoms with Crippen LogP contribution in [0.5, 0.6) is 0 Å². The highest BCUT2D eigenvalue weighted by Gasteiger charge is 2.13. The van der Waals surface area contributed by atoms with Crippen molar-refractivity contribution in [1.29, 1.82) is 0 Å². The van der Waals surface area contributed by atoms with Crippen molar-refractivity contribution in [1.82, 2.24) is 15.1 Å². The van der Waals surface area contributed by atoms with Crippen molar-refractivity contribution >= 4 is 17.0 Å². The summed E-state index contributed by atoms with van der Waals surface area (Å²) in [6.07, 6.45) is 1.83. The highest BCUT2D eigenvalue weighted by Crippen LogP contribution is 2.17. The van der Waals surface area contributed by atoms with Crippen molar-refractivity contribution < 1.29 is 10.0 Å². The molecule has 0 radical (unpaired) electrons. The fraction of sp³-hybridized carbons (Fsp3) is 0.417. The fourth-order valence-corrected chi connectivity index (χ4v) is 2.54. The number of nitro groups is 1. The molecule has 8 heteroatoms. The molecule has 0 aromatic carbocycles. The van der Waals surface area contributed by atoms with Crippen molar-refractivity contribution in [2.45, 2.75) is 25.6 Å². The maximum atomic E-state index is 10.5. The number of aromatic nitrogens is 2. The second-order valence-corrected chi connectivity index (χ2v) is 5.46. The maximum absolute atomic E-state index is 10.5. The van der Waals surface area contributed by atoms with E-state index >= 15 is 0 Å². The van der Waals surface area contributed by atoms with Gasteiger partial charge in [0.2, 0.25) is 0 Å². The summed E-state index contributed by atoms with van der Waals surface area (Å²) in [5, 5.41) is 29.5. The minimum atomic E-state index is -0.656. The third kappa shape index (κ3) is 3.86. The van der Waals surface area contributed by atoms with Crippen LogP contribution in [0.15, 0.2) is 29.9 Å². The smallest absolute Gasteiger partial charge is 0.306 e. The number of hydrogen-bond acceptors (Lipinski definition) is 6. The first kappa shape index (κ1) is 14.6. The van der Waals surface area contributed by atoms with Crippen LogP contribution in [0.3, 0.4) is 0 Å². The Morgan fingerprint density at radius 1 is 1.65 bits per heavy atom. The Kier molecular flexibility index (Phi) is 4.83. The summed E-state index contributed by atoms with van der Waals surface area (Å²) in [4.78, 5) is 11.2. The lowest BCUT2D eigenvalue weighted by molar-refractivity contribution is -0.385. The Morgan fingerprint density at radius 2 is 2.45 bits per heavy atom. The zero-order chi connectivity index (χ0) is 14.5. The Labute approximate surface area is 120 Å². The van der Waals surface area contributed by atoms with Crippen molar-refractivity contribution in [2.75, 3.05) is 6.54 Å². The quantitative estimate of drug-likeness (QED) is 0.597. The summed E-state index contributed by atoms with van der Waals surface area (Å²) < 4.78 is 1.38. The highest BCUT2D eigenvalue weighted by atomic mass is 32.1. The molecule has 7 nitrogen and oxygen atoms in total. The lowest BCUT2D eigenvalue weighted by Crippen LogP contribution is -2.31. The number of rotatable bonds is 7. The first-order valence-corrected chi connectivity index (χ1v) is 7.06. The molecule has 2 aromatic heterocycles. The maximum Gasteiger partial charge on any atom is 0.306 e. The minimum absolute atomic E-state index is 0.0721. The SMILES string of the molecule is C[C@H](NCC(O)Cn1cc([N+](=O)[O-])cn1)c1cccs1. The van der Waals surface area contributed by atoms with Gasteiger partial charge in [0, 0.05) is 17.5 Å². The van der Waals surface area contributed by atoms with Gasteiger partial charge in [0.15, 0.2) is 0 Å². The molecule has 0 saturated heterocycles. The Morgan fingerprint density at radius 3 is 3.05 bits per heavy atom. The predicted octanol–water partition coefficient (Wildman–Crippen LogP) is 1.56. The number of hydrogen-bond donors (Lipinski definition) is 2. The van der Waals surface area contributed by atoms with E-state index < -0.39 is 11.0 Å². The van der Waals surface area contributed by atoms with Crippen molar-refractivity contribution in [3.05, 3.63) is 44.9 Å². The van der Waals surface area contributed by atoms with Crippen molar-refractivity contribution in [3.63, 3.8) is 0 Å². The first-order chi connectivity index (χ1) is 9.56.